The summed E-state index contributed by atoms with van der Waals surface area (Å²) in [7, 11) is 0. The molecule has 0 radical (unpaired) electrons. The Balaban J connectivity index is 1.94. The maximum absolute atomic E-state index is 13.7. The Bertz CT molecular complexity index is 1530. The molecule has 1 atom stereocenters. The Morgan fingerprint density at radius 3 is 2.50 bits per heavy atom. The minimum absolute atomic E-state index is 0.119. The number of esters is 1. The zero-order valence-electron chi connectivity index (χ0n) is 20.3. The first kappa shape index (κ1) is 25.1. The Labute approximate surface area is 211 Å². The van der Waals surface area contributed by atoms with Crippen molar-refractivity contribution in [1.82, 2.24) is 4.57 Å². The summed E-state index contributed by atoms with van der Waals surface area (Å²) in [6.07, 6.45) is 1.57. The van der Waals surface area contributed by atoms with Gasteiger partial charge in [-0.3, -0.25) is 9.36 Å². The van der Waals surface area contributed by atoms with Crippen LogP contribution in [0.25, 0.3) is 6.08 Å². The third kappa shape index (κ3) is 4.87. The summed E-state index contributed by atoms with van der Waals surface area (Å²) >= 11 is 1.20. The number of hydrogen-bond donors (Lipinski definition) is 1. The number of allylic oxidation sites excluding steroid dienone is 1. The van der Waals surface area contributed by atoms with Gasteiger partial charge in [-0.25, -0.2) is 14.6 Å². The molecule has 1 aromatic heterocycles. The van der Waals surface area contributed by atoms with Crippen molar-refractivity contribution < 1.29 is 24.2 Å². The minimum atomic E-state index is -1.02. The van der Waals surface area contributed by atoms with E-state index in [1.54, 1.807) is 32.1 Å². The molecule has 0 saturated carbocycles. The number of carbonyl (C=O) groups excluding carboxylic acids is 1. The molecule has 8 nitrogen and oxygen atoms in total. The van der Waals surface area contributed by atoms with E-state index in [2.05, 4.69) is 4.99 Å². The lowest BCUT2D eigenvalue weighted by Crippen LogP contribution is -2.40. The number of carboxylic acid groups (broad SMARTS) is 1. The number of thiazole rings is 1. The number of hydrogen-bond acceptors (Lipinski definition) is 7. The van der Waals surface area contributed by atoms with Gasteiger partial charge in [0.2, 0.25) is 0 Å². The van der Waals surface area contributed by atoms with Gasteiger partial charge < -0.3 is 14.6 Å². The van der Waals surface area contributed by atoms with Crippen molar-refractivity contribution in [1.29, 1.82) is 0 Å². The molecular formula is C27H26N2O6S. The van der Waals surface area contributed by atoms with E-state index in [1.165, 1.54) is 28.0 Å². The molecular weight excluding hydrogens is 480 g/mol. The number of aromatic nitrogens is 1. The number of aromatic carboxylic acids is 1. The smallest absolute Gasteiger partial charge is 0.338 e. The highest BCUT2D eigenvalue weighted by Crippen LogP contribution is 2.36. The molecule has 0 spiro atoms. The third-order valence-corrected chi connectivity index (χ3v) is 6.53. The zero-order chi connectivity index (χ0) is 26.0. The van der Waals surface area contributed by atoms with E-state index in [1.807, 2.05) is 38.1 Å². The van der Waals surface area contributed by atoms with Crippen LogP contribution in [0.3, 0.4) is 0 Å². The summed E-state index contributed by atoms with van der Waals surface area (Å²) in [4.78, 5) is 43.0. The van der Waals surface area contributed by atoms with Crippen LogP contribution in [0.2, 0.25) is 0 Å². The van der Waals surface area contributed by atoms with Gasteiger partial charge in [-0.05, 0) is 57.5 Å². The van der Waals surface area contributed by atoms with Crippen LogP contribution in [0.1, 0.15) is 55.2 Å². The molecule has 3 aromatic rings. The summed E-state index contributed by atoms with van der Waals surface area (Å²) in [6.45, 7) is 7.45. The van der Waals surface area contributed by atoms with Crippen LogP contribution in [0.15, 0.2) is 69.6 Å². The molecule has 0 fully saturated rings. The highest BCUT2D eigenvalue weighted by molar-refractivity contribution is 7.07. The maximum atomic E-state index is 13.7. The number of carboxylic acids is 1. The van der Waals surface area contributed by atoms with Crippen molar-refractivity contribution in [3.63, 3.8) is 0 Å². The van der Waals surface area contributed by atoms with Crippen molar-refractivity contribution in [2.45, 2.75) is 39.8 Å². The summed E-state index contributed by atoms with van der Waals surface area (Å²) in [6, 6.07) is 12.8. The quantitative estimate of drug-likeness (QED) is 0.493. The number of para-hydroxylation sites is 1. The first-order chi connectivity index (χ1) is 17.2. The highest BCUT2D eigenvalue weighted by Gasteiger charge is 2.35. The Morgan fingerprint density at radius 1 is 1.17 bits per heavy atom. The molecule has 2 aromatic carbocycles. The van der Waals surface area contributed by atoms with Crippen LogP contribution in [-0.4, -0.2) is 34.3 Å². The van der Waals surface area contributed by atoms with Gasteiger partial charge in [0, 0.05) is 5.56 Å². The third-order valence-electron chi connectivity index (χ3n) is 5.55. The first-order valence-electron chi connectivity index (χ1n) is 11.5. The molecule has 1 N–H and O–H groups in total. The van der Waals surface area contributed by atoms with Crippen LogP contribution in [-0.2, 0) is 9.53 Å². The lowest BCUT2D eigenvalue weighted by Gasteiger charge is -2.26. The summed E-state index contributed by atoms with van der Waals surface area (Å²) in [5, 5.41) is 9.14. The predicted molar refractivity (Wildman–Crippen MR) is 136 cm³/mol. The van der Waals surface area contributed by atoms with Crippen LogP contribution < -0.4 is 19.6 Å². The van der Waals surface area contributed by atoms with Crippen LogP contribution in [0.5, 0.6) is 5.75 Å². The molecule has 9 heteroatoms. The van der Waals surface area contributed by atoms with E-state index in [0.29, 0.717) is 31.9 Å². The number of fused-ring (bicyclic) bond motifs is 1. The molecule has 0 aliphatic carbocycles. The summed E-state index contributed by atoms with van der Waals surface area (Å²) in [5.74, 6) is -1.00. The van der Waals surface area contributed by atoms with Gasteiger partial charge in [0.15, 0.2) is 4.80 Å². The highest BCUT2D eigenvalue weighted by atomic mass is 32.1. The van der Waals surface area contributed by atoms with Gasteiger partial charge in [-0.1, -0.05) is 41.7 Å². The number of ether oxygens (including phenoxy) is 2. The number of carbonyl (C=O) groups is 2. The topological polar surface area (TPSA) is 107 Å². The van der Waals surface area contributed by atoms with Crippen LogP contribution >= 0.6 is 11.3 Å². The first-order valence-corrected chi connectivity index (χ1v) is 12.3. The van der Waals surface area contributed by atoms with E-state index in [-0.39, 0.29) is 29.4 Å². The Hall–Kier alpha value is -3.98. The summed E-state index contributed by atoms with van der Waals surface area (Å²) in [5.41, 5.74) is 1.91. The predicted octanol–water partition coefficient (Wildman–Crippen LogP) is 3.28. The monoisotopic (exact) mass is 506 g/mol. The van der Waals surface area contributed by atoms with Gasteiger partial charge >= 0.3 is 11.9 Å². The lowest BCUT2D eigenvalue weighted by atomic mass is 9.95. The van der Waals surface area contributed by atoms with Crippen molar-refractivity contribution >= 4 is 29.4 Å². The molecule has 186 valence electrons. The normalized spacial score (nSPS) is 15.5. The molecule has 4 rings (SSSR count). The average molecular weight is 507 g/mol. The lowest BCUT2D eigenvalue weighted by molar-refractivity contribution is -0.139. The average Bonchev–Trinajstić information content (AvgIpc) is 3.13. The fourth-order valence-electron chi connectivity index (χ4n) is 4.03. The Morgan fingerprint density at radius 2 is 1.86 bits per heavy atom. The van der Waals surface area contributed by atoms with E-state index in [0.717, 1.165) is 0 Å². The SMILES string of the molecule is CCOC(=O)C1=C(C)N=c2s/c(=C/c3ccc(C(=O)O)cc3)c(=O)n2[C@H]1c1ccccc1OC(C)C. The van der Waals surface area contributed by atoms with E-state index >= 15 is 0 Å². The van der Waals surface area contributed by atoms with Gasteiger partial charge in [-0.15, -0.1) is 0 Å². The van der Waals surface area contributed by atoms with Gasteiger partial charge in [0.05, 0.1) is 34.1 Å². The molecule has 0 unspecified atom stereocenters. The molecule has 1 aliphatic heterocycles. The van der Waals surface area contributed by atoms with Crippen molar-refractivity contribution in [2.24, 2.45) is 4.99 Å². The maximum Gasteiger partial charge on any atom is 0.338 e. The zero-order valence-corrected chi connectivity index (χ0v) is 21.2. The second kappa shape index (κ2) is 10.3. The van der Waals surface area contributed by atoms with Crippen LogP contribution in [0, 0.1) is 0 Å². The molecule has 36 heavy (non-hydrogen) atoms. The molecule has 0 saturated heterocycles. The second-order valence-electron chi connectivity index (χ2n) is 8.43. The van der Waals surface area contributed by atoms with Crippen molar-refractivity contribution in [3.05, 3.63) is 96.2 Å². The van der Waals surface area contributed by atoms with Crippen LogP contribution in [0.4, 0.5) is 0 Å². The van der Waals surface area contributed by atoms with Gasteiger partial charge in [-0.2, -0.15) is 0 Å². The largest absolute Gasteiger partial charge is 0.491 e. The standard InChI is InChI=1S/C27H26N2O6S/c1-5-34-26(33)22-16(4)28-27-29(23(22)19-8-6-7-9-20(19)35-15(2)3)24(30)21(36-27)14-17-10-12-18(13-11-17)25(31)32/h6-15,23H,5H2,1-4H3,(H,31,32)/b21-14+/t23-/m0/s1. The number of rotatable bonds is 7. The van der Waals surface area contributed by atoms with E-state index in [4.69, 9.17) is 14.6 Å². The van der Waals surface area contributed by atoms with E-state index in [9.17, 15) is 14.4 Å². The van der Waals surface area contributed by atoms with Crippen molar-refractivity contribution in [3.8, 4) is 5.75 Å². The fourth-order valence-corrected chi connectivity index (χ4v) is 5.07. The fraction of sp³-hybridized carbons (Fsp3) is 0.259. The molecule has 0 bridgehead atoms. The summed E-state index contributed by atoms with van der Waals surface area (Å²) < 4.78 is 13.3. The van der Waals surface area contributed by atoms with Gasteiger partial charge in [0.25, 0.3) is 5.56 Å². The molecule has 0 amide bonds. The van der Waals surface area contributed by atoms with Crippen molar-refractivity contribution in [2.75, 3.05) is 6.61 Å². The molecule has 2 heterocycles. The second-order valence-corrected chi connectivity index (χ2v) is 9.44. The minimum Gasteiger partial charge on any atom is -0.491 e. The Kier molecular flexibility index (Phi) is 7.21. The number of nitrogens with zero attached hydrogens (tertiary/aromatic N) is 2. The van der Waals surface area contributed by atoms with E-state index < -0.39 is 18.0 Å². The number of benzene rings is 2. The van der Waals surface area contributed by atoms with Gasteiger partial charge in [0.1, 0.15) is 11.8 Å². The molecule has 1 aliphatic rings.